The molecule has 150 valence electrons. The van der Waals surface area contributed by atoms with E-state index in [-0.39, 0.29) is 41.6 Å². The van der Waals surface area contributed by atoms with Crippen molar-refractivity contribution in [1.29, 1.82) is 0 Å². The number of H-pyrrole nitrogens is 1. The minimum absolute atomic E-state index is 0. The average molecular weight is 500 g/mol. The van der Waals surface area contributed by atoms with Crippen LogP contribution in [0.15, 0.2) is 52.1 Å². The van der Waals surface area contributed by atoms with Crippen molar-refractivity contribution in [3.63, 3.8) is 0 Å². The first-order chi connectivity index (χ1) is 13.2. The first-order valence-electron chi connectivity index (χ1n) is 8.46. The van der Waals surface area contributed by atoms with Gasteiger partial charge >= 0.3 is 0 Å². The Hall–Kier alpha value is -2.63. The van der Waals surface area contributed by atoms with Crippen LogP contribution in [0.4, 0.5) is 4.39 Å². The summed E-state index contributed by atoms with van der Waals surface area (Å²) in [5.41, 5.74) is 0. The van der Waals surface area contributed by atoms with Crippen molar-refractivity contribution in [1.82, 2.24) is 25.8 Å². The van der Waals surface area contributed by atoms with Gasteiger partial charge in [-0.2, -0.15) is 0 Å². The van der Waals surface area contributed by atoms with Gasteiger partial charge < -0.3 is 19.8 Å². The molecule has 8 nitrogen and oxygen atoms in total. The van der Waals surface area contributed by atoms with Gasteiger partial charge in [-0.05, 0) is 31.2 Å². The van der Waals surface area contributed by atoms with E-state index in [9.17, 15) is 4.39 Å². The SMILES string of the molecule is CN=C(NCc1nc(-c2ccco2)n[nH]1)NCC(C)Oc1ccccc1F.I. The van der Waals surface area contributed by atoms with Crippen molar-refractivity contribution in [2.24, 2.45) is 4.99 Å². The Bertz CT molecular complexity index is 884. The largest absolute Gasteiger partial charge is 0.486 e. The number of aliphatic imine (C=N–C) groups is 1. The summed E-state index contributed by atoms with van der Waals surface area (Å²) >= 11 is 0. The molecule has 0 bridgehead atoms. The number of hydrogen-bond acceptors (Lipinski definition) is 5. The lowest BCUT2D eigenvalue weighted by molar-refractivity contribution is 0.214. The van der Waals surface area contributed by atoms with Crippen molar-refractivity contribution >= 4 is 29.9 Å². The van der Waals surface area contributed by atoms with Crippen LogP contribution in [0.1, 0.15) is 12.7 Å². The summed E-state index contributed by atoms with van der Waals surface area (Å²) in [7, 11) is 1.66. The van der Waals surface area contributed by atoms with E-state index in [0.717, 1.165) is 0 Å². The van der Waals surface area contributed by atoms with E-state index in [4.69, 9.17) is 9.15 Å². The molecule has 0 aliphatic rings. The molecule has 0 amide bonds. The minimum atomic E-state index is -0.385. The van der Waals surface area contributed by atoms with E-state index in [2.05, 4.69) is 30.8 Å². The van der Waals surface area contributed by atoms with Gasteiger partial charge in [0.15, 0.2) is 23.3 Å². The highest BCUT2D eigenvalue weighted by molar-refractivity contribution is 14.0. The second kappa shape index (κ2) is 10.6. The van der Waals surface area contributed by atoms with Crippen LogP contribution in [-0.2, 0) is 6.54 Å². The third-order valence-corrected chi connectivity index (χ3v) is 3.64. The van der Waals surface area contributed by atoms with E-state index < -0.39 is 0 Å². The zero-order valence-corrected chi connectivity index (χ0v) is 17.8. The Morgan fingerprint density at radius 2 is 2.11 bits per heavy atom. The van der Waals surface area contributed by atoms with Gasteiger partial charge in [0.2, 0.25) is 5.82 Å². The number of aromatic nitrogens is 3. The molecule has 0 saturated heterocycles. The fourth-order valence-electron chi connectivity index (χ4n) is 2.32. The summed E-state index contributed by atoms with van der Waals surface area (Å²) in [6, 6.07) is 9.88. The van der Waals surface area contributed by atoms with Crippen molar-refractivity contribution in [2.45, 2.75) is 19.6 Å². The highest BCUT2D eigenvalue weighted by Gasteiger charge is 2.11. The van der Waals surface area contributed by atoms with Crippen molar-refractivity contribution in [2.75, 3.05) is 13.6 Å². The third kappa shape index (κ3) is 5.94. The molecule has 0 fully saturated rings. The molecule has 2 heterocycles. The molecule has 1 atom stereocenters. The van der Waals surface area contributed by atoms with Gasteiger partial charge in [0.25, 0.3) is 0 Å². The smallest absolute Gasteiger partial charge is 0.216 e. The summed E-state index contributed by atoms with van der Waals surface area (Å²) in [5, 5.41) is 13.2. The normalized spacial score (nSPS) is 12.2. The maximum Gasteiger partial charge on any atom is 0.216 e. The Balaban J connectivity index is 0.00000280. The molecule has 3 rings (SSSR count). The molecule has 3 N–H and O–H groups in total. The van der Waals surface area contributed by atoms with Crippen molar-refractivity contribution < 1.29 is 13.5 Å². The van der Waals surface area contributed by atoms with Gasteiger partial charge in [-0.1, -0.05) is 12.1 Å². The van der Waals surface area contributed by atoms with Crippen LogP contribution >= 0.6 is 24.0 Å². The number of guanidine groups is 1. The zero-order chi connectivity index (χ0) is 19.1. The first kappa shape index (κ1) is 21.7. The predicted octanol–water partition coefficient (Wildman–Crippen LogP) is 2.95. The molecule has 3 aromatic rings. The number of aromatic amines is 1. The van der Waals surface area contributed by atoms with Gasteiger partial charge in [0.05, 0.1) is 19.4 Å². The molecule has 2 aromatic heterocycles. The molecule has 0 saturated carbocycles. The number of nitrogens with one attached hydrogen (secondary N) is 3. The van der Waals surface area contributed by atoms with Crippen LogP contribution in [0.3, 0.4) is 0 Å². The zero-order valence-electron chi connectivity index (χ0n) is 15.5. The Morgan fingerprint density at radius 1 is 1.29 bits per heavy atom. The fraction of sp³-hybridized carbons (Fsp3) is 0.278. The number of hydrogen-bond donors (Lipinski definition) is 3. The van der Waals surface area contributed by atoms with E-state index in [0.29, 0.717) is 36.5 Å². The van der Waals surface area contributed by atoms with Crippen LogP contribution in [0.5, 0.6) is 5.75 Å². The number of rotatable bonds is 7. The van der Waals surface area contributed by atoms with Gasteiger partial charge in [-0.3, -0.25) is 10.1 Å². The van der Waals surface area contributed by atoms with Gasteiger partial charge in [0, 0.05) is 7.05 Å². The number of furan rings is 1. The van der Waals surface area contributed by atoms with E-state index >= 15 is 0 Å². The van der Waals surface area contributed by atoms with Crippen LogP contribution in [0.2, 0.25) is 0 Å². The lowest BCUT2D eigenvalue weighted by Crippen LogP contribution is -2.41. The third-order valence-electron chi connectivity index (χ3n) is 3.64. The lowest BCUT2D eigenvalue weighted by Gasteiger charge is -2.17. The number of nitrogens with zero attached hydrogens (tertiary/aromatic N) is 3. The van der Waals surface area contributed by atoms with Crippen LogP contribution < -0.4 is 15.4 Å². The molecule has 0 aliphatic carbocycles. The minimum Gasteiger partial charge on any atom is -0.486 e. The summed E-state index contributed by atoms with van der Waals surface area (Å²) in [6.07, 6.45) is 1.32. The molecule has 0 radical (unpaired) electrons. The standard InChI is InChI=1S/C18H21FN6O2.HI/c1-12(27-14-7-4-3-6-13(14)19)10-21-18(20-2)22-11-16-23-17(25-24-16)15-8-5-9-26-15;/h3-9,12H,10-11H2,1-2H3,(H2,20,21,22)(H,23,24,25);1H. The Labute approximate surface area is 179 Å². The molecule has 1 aromatic carbocycles. The molecule has 10 heteroatoms. The molecule has 0 spiro atoms. The number of benzene rings is 1. The van der Waals surface area contributed by atoms with Crippen LogP contribution in [-0.4, -0.2) is 40.8 Å². The van der Waals surface area contributed by atoms with Gasteiger partial charge in [-0.15, -0.1) is 29.1 Å². The summed E-state index contributed by atoms with van der Waals surface area (Å²) < 4.78 is 24.5. The quantitative estimate of drug-likeness (QED) is 0.262. The highest BCUT2D eigenvalue weighted by atomic mass is 127. The fourth-order valence-corrected chi connectivity index (χ4v) is 2.32. The lowest BCUT2D eigenvalue weighted by atomic mass is 10.3. The first-order valence-corrected chi connectivity index (χ1v) is 8.46. The molecule has 0 aliphatic heterocycles. The highest BCUT2D eigenvalue weighted by Crippen LogP contribution is 2.16. The summed E-state index contributed by atoms with van der Waals surface area (Å²) in [4.78, 5) is 8.49. The number of ether oxygens (including phenoxy) is 1. The average Bonchev–Trinajstić information content (AvgIpc) is 3.35. The molecule has 28 heavy (non-hydrogen) atoms. The van der Waals surface area contributed by atoms with Crippen molar-refractivity contribution in [3.8, 4) is 17.3 Å². The summed E-state index contributed by atoms with van der Waals surface area (Å²) in [5.74, 6) is 2.13. The molecule has 1 unspecified atom stereocenters. The second-order valence-corrected chi connectivity index (χ2v) is 5.75. The summed E-state index contributed by atoms with van der Waals surface area (Å²) in [6.45, 7) is 2.69. The monoisotopic (exact) mass is 500 g/mol. The maximum absolute atomic E-state index is 13.6. The van der Waals surface area contributed by atoms with Gasteiger partial charge in [-0.25, -0.2) is 9.37 Å². The molecular weight excluding hydrogens is 478 g/mol. The van der Waals surface area contributed by atoms with E-state index in [1.165, 1.54) is 6.07 Å². The van der Waals surface area contributed by atoms with Crippen molar-refractivity contribution in [3.05, 3.63) is 54.3 Å². The topological polar surface area (TPSA) is 100 Å². The Morgan fingerprint density at radius 3 is 2.82 bits per heavy atom. The predicted molar refractivity (Wildman–Crippen MR) is 114 cm³/mol. The number of para-hydroxylation sites is 1. The number of halogens is 2. The second-order valence-electron chi connectivity index (χ2n) is 5.75. The van der Waals surface area contributed by atoms with E-state index in [1.54, 1.807) is 43.6 Å². The Kier molecular flexibility index (Phi) is 8.23. The van der Waals surface area contributed by atoms with Gasteiger partial charge in [0.1, 0.15) is 11.9 Å². The van der Waals surface area contributed by atoms with Crippen LogP contribution in [0, 0.1) is 5.82 Å². The van der Waals surface area contributed by atoms with Crippen LogP contribution in [0.25, 0.3) is 11.6 Å². The maximum atomic E-state index is 13.6. The van der Waals surface area contributed by atoms with E-state index in [1.807, 2.05) is 6.92 Å². The molecular formula is C18H22FIN6O2.